The minimum Gasteiger partial charge on any atom is -0.508 e. The number of carboxylic acids is 1. The summed E-state index contributed by atoms with van der Waals surface area (Å²) < 4.78 is 0. The molecule has 0 saturated carbocycles. The molecule has 2 heterocycles. The number of amides is 17. The minimum absolute atomic E-state index is 0.00567. The Morgan fingerprint density at radius 2 is 0.736 bits per heavy atom. The molecule has 0 aliphatic carbocycles. The lowest BCUT2D eigenvalue weighted by Gasteiger charge is -2.29. The maximum Gasteiger partial charge on any atom is 0.303 e. The van der Waals surface area contributed by atoms with Crippen LogP contribution in [0.15, 0.2) is 49.3 Å². The van der Waals surface area contributed by atoms with E-state index in [0.717, 1.165) is 0 Å². The van der Waals surface area contributed by atoms with Gasteiger partial charge in [0.15, 0.2) is 0 Å². The van der Waals surface area contributed by atoms with Crippen molar-refractivity contribution in [3.63, 3.8) is 0 Å². The number of aliphatic hydroxyl groups is 1. The number of aliphatic hydroxyl groups excluding tert-OH is 1. The molecule has 43 nitrogen and oxygen atoms in total. The summed E-state index contributed by atoms with van der Waals surface area (Å²) in [7, 11) is 0. The number of carbonyl (C=O) groups is 18. The van der Waals surface area contributed by atoms with Crippen molar-refractivity contribution < 1.29 is 102 Å². The molecule has 3 rings (SSSR count). The van der Waals surface area contributed by atoms with Gasteiger partial charge in [0.2, 0.25) is 100 Å². The lowest BCUT2D eigenvalue weighted by molar-refractivity contribution is -0.138. The van der Waals surface area contributed by atoms with Crippen LogP contribution in [0.2, 0.25) is 0 Å². The molecule has 0 spiro atoms. The average molecular weight is 1710 g/mol. The number of nitrogens with one attached hydrogen (secondary N) is 18. The van der Waals surface area contributed by atoms with Gasteiger partial charge in [-0.2, -0.15) is 0 Å². The SMILES string of the molecule is CC[C@H](C)[C@H](NC(=O)CNC(=O)[C@H](C)NC(=O)[C@H](C)NC(=O)[C@H](Cc1cnc[nH]1)NC(=O)[C@H](C)NC(=O)CNC(=O)[C@H](C)NC(=O)CNC(=O)[C@H](Cc1cnc[nH]1)NC(=O)[C@H](CC(C)C)NC(=O)[C@H](CC(C)C)NC(=O)[C@H](CCC(=O)O)NC(=O)[C@@H](N)Cc1ccc(O)cc1)C(=O)N[C@@H](CC(C)C)C(=O)N[C@H](C(=O)N[C@@H](CC(C)C)C(N)=O)[C@@H](C)O. The molecule has 0 fully saturated rings. The number of aromatic nitrogens is 4. The number of phenols is 1. The normalized spacial score (nSPS) is 15.2. The van der Waals surface area contributed by atoms with E-state index in [4.69, 9.17) is 11.5 Å². The first-order valence-corrected chi connectivity index (χ1v) is 40.1. The summed E-state index contributed by atoms with van der Waals surface area (Å²) >= 11 is 0. The second kappa shape index (κ2) is 51.3. The van der Waals surface area contributed by atoms with Gasteiger partial charge in [-0.05, 0) is 120 Å². The number of rotatable bonds is 53. The minimum atomic E-state index is -1.56. The van der Waals surface area contributed by atoms with Crippen molar-refractivity contribution in [3.8, 4) is 5.75 Å². The Hall–Kier alpha value is -12.2. The van der Waals surface area contributed by atoms with E-state index in [0.29, 0.717) is 23.4 Å². The van der Waals surface area contributed by atoms with Gasteiger partial charge >= 0.3 is 5.97 Å². The second-order valence-corrected chi connectivity index (χ2v) is 31.7. The first-order chi connectivity index (χ1) is 56.7. The second-order valence-electron chi connectivity index (χ2n) is 31.7. The molecule has 0 aliphatic heterocycles. The van der Waals surface area contributed by atoms with E-state index < -0.39 is 229 Å². The largest absolute Gasteiger partial charge is 0.508 e. The number of H-pyrrole nitrogens is 2. The predicted octanol–water partition coefficient (Wildman–Crippen LogP) is -5.11. The maximum atomic E-state index is 14.3. The highest BCUT2D eigenvalue weighted by molar-refractivity contribution is 6.00. The van der Waals surface area contributed by atoms with Crippen molar-refractivity contribution in [1.29, 1.82) is 0 Å². The van der Waals surface area contributed by atoms with Gasteiger partial charge < -0.3 is 122 Å². The van der Waals surface area contributed by atoms with Crippen molar-refractivity contribution in [2.75, 3.05) is 19.6 Å². The van der Waals surface area contributed by atoms with E-state index >= 15 is 0 Å². The number of nitrogens with two attached hydrogens (primary N) is 2. The molecule has 0 radical (unpaired) electrons. The number of aromatic amines is 2. The number of hydrogen-bond acceptors (Lipinski definition) is 23. The van der Waals surface area contributed by atoms with Crippen LogP contribution >= 0.6 is 0 Å². The van der Waals surface area contributed by atoms with E-state index in [1.807, 2.05) is 0 Å². The zero-order valence-electron chi connectivity index (χ0n) is 71.1. The Kier molecular flexibility index (Phi) is 43.7. The van der Waals surface area contributed by atoms with Crippen LogP contribution in [0.4, 0.5) is 0 Å². The molecule has 17 amide bonds. The van der Waals surface area contributed by atoms with Crippen molar-refractivity contribution in [2.45, 2.75) is 259 Å². The summed E-state index contributed by atoms with van der Waals surface area (Å²) in [4.78, 5) is 255. The molecule has 121 heavy (non-hydrogen) atoms. The number of aliphatic carboxylic acids is 1. The molecule has 25 N–H and O–H groups in total. The van der Waals surface area contributed by atoms with Crippen LogP contribution in [0.3, 0.4) is 0 Å². The molecule has 0 bridgehead atoms. The third-order valence-electron chi connectivity index (χ3n) is 18.8. The Bertz CT molecular complexity index is 3990. The van der Waals surface area contributed by atoms with Gasteiger partial charge in [0.05, 0.1) is 44.4 Å². The highest BCUT2D eigenvalue weighted by Gasteiger charge is 2.38. The zero-order chi connectivity index (χ0) is 91.2. The van der Waals surface area contributed by atoms with Gasteiger partial charge in [-0.1, -0.05) is 87.8 Å². The molecule has 0 aliphatic rings. The highest BCUT2D eigenvalue weighted by atomic mass is 16.4. The molecular weight excluding hydrogens is 1580 g/mol. The van der Waals surface area contributed by atoms with Crippen molar-refractivity contribution in [3.05, 3.63) is 66.3 Å². The number of nitrogens with zero attached hydrogens (tertiary/aromatic N) is 2. The highest BCUT2D eigenvalue weighted by Crippen LogP contribution is 2.17. The van der Waals surface area contributed by atoms with Gasteiger partial charge in [0, 0.05) is 43.0 Å². The van der Waals surface area contributed by atoms with Gasteiger partial charge in [0.25, 0.3) is 0 Å². The van der Waals surface area contributed by atoms with Crippen LogP contribution in [-0.2, 0) is 106 Å². The van der Waals surface area contributed by atoms with E-state index in [1.165, 1.54) is 71.8 Å². The number of imidazole rings is 2. The summed E-state index contributed by atoms with van der Waals surface area (Å²) in [5.41, 5.74) is 12.9. The first kappa shape index (κ1) is 103. The standard InChI is InChI=1S/C78H124N22O21/c1-16-41(10)63(77(120)98-56(26-40(8)9)76(119)100-64(46(15)101)78(121)93-53(65(80)108)23-37(2)3)99-61(105)34-84-67(110)43(12)90-68(111)45(14)91-73(116)58(29-49-31-82-36-87-49)94-69(112)44(13)89-59(103)32-83-66(109)42(11)88-60(104)33-85-71(114)57(28-48-30-81-35-86-48)97-75(118)55(25-39(6)7)96-74(117)54(24-38(4)5)95-72(115)52(21-22-62(106)107)92-70(113)51(79)27-47-17-19-50(102)20-18-47/h17-20,30-31,35-46,51-58,63-64,101-102H,16,21-29,32-34,79H2,1-15H3,(H2,80,108)(H,81,86)(H,82,87)(H,83,109)(H,84,110)(H,85,114)(H,88,104)(H,89,103)(H,90,111)(H,91,116)(H,92,113)(H,93,121)(H,94,112)(H,95,115)(H,96,117)(H,97,118)(H,98,120)(H,99,105)(H,100,119)(H,106,107)/t41-,42-,43-,44-,45-,46+,51-,52-,53-,54-,55-,56-,57-,58-,63-,64-/m0/s1. The molecular formula is C78H124N22O21. The molecule has 2 aromatic heterocycles. The van der Waals surface area contributed by atoms with Crippen LogP contribution in [0, 0.1) is 29.6 Å². The quantitative estimate of drug-likeness (QED) is 0.0251. The van der Waals surface area contributed by atoms with E-state index in [9.17, 15) is 102 Å². The summed E-state index contributed by atoms with van der Waals surface area (Å²) in [5.74, 6) is -17.4. The predicted molar refractivity (Wildman–Crippen MR) is 436 cm³/mol. The summed E-state index contributed by atoms with van der Waals surface area (Å²) in [5, 5.41) is 69.4. The zero-order valence-corrected chi connectivity index (χ0v) is 71.1. The van der Waals surface area contributed by atoms with Gasteiger partial charge in [-0.15, -0.1) is 0 Å². The van der Waals surface area contributed by atoms with Crippen molar-refractivity contribution in [1.82, 2.24) is 105 Å². The summed E-state index contributed by atoms with van der Waals surface area (Å²) in [6.07, 6.45) is 3.10. The van der Waals surface area contributed by atoms with Gasteiger partial charge in [-0.25, -0.2) is 9.97 Å². The Morgan fingerprint density at radius 1 is 0.388 bits per heavy atom. The molecule has 1 aromatic carbocycles. The van der Waals surface area contributed by atoms with E-state index in [1.54, 1.807) is 81.4 Å². The van der Waals surface area contributed by atoms with Crippen molar-refractivity contribution >= 4 is 106 Å². The van der Waals surface area contributed by atoms with Crippen LogP contribution in [0.1, 0.15) is 166 Å². The summed E-state index contributed by atoms with van der Waals surface area (Å²) in [6.45, 7) is 21.7. The fourth-order valence-corrected chi connectivity index (χ4v) is 11.9. The fraction of sp³-hybridized carbons (Fsp3) is 0.615. The maximum absolute atomic E-state index is 14.3. The Balaban J connectivity index is 1.59. The molecule has 43 heteroatoms. The third-order valence-corrected chi connectivity index (χ3v) is 18.8. The molecule has 672 valence electrons. The lowest BCUT2D eigenvalue weighted by atomic mass is 9.96. The average Bonchev–Trinajstić information content (AvgIpc) is 1.49. The number of carboxylic acid groups (broad SMARTS) is 1. The monoisotopic (exact) mass is 1700 g/mol. The fourth-order valence-electron chi connectivity index (χ4n) is 11.9. The first-order valence-electron chi connectivity index (χ1n) is 40.1. The van der Waals surface area contributed by atoms with Crippen LogP contribution in [0.25, 0.3) is 0 Å². The van der Waals surface area contributed by atoms with E-state index in [-0.39, 0.29) is 80.8 Å². The Labute approximate surface area is 701 Å². The Morgan fingerprint density at radius 3 is 1.17 bits per heavy atom. The third kappa shape index (κ3) is 38.2. The van der Waals surface area contributed by atoms with Gasteiger partial charge in [-0.3, -0.25) is 86.3 Å². The van der Waals surface area contributed by atoms with Crippen LogP contribution < -0.4 is 96.5 Å². The summed E-state index contributed by atoms with van der Waals surface area (Å²) in [6, 6.07) is -13.0. The molecule has 16 atom stereocenters. The number of hydrogen-bond donors (Lipinski definition) is 23. The topological polar surface area (TPSA) is 670 Å². The van der Waals surface area contributed by atoms with Gasteiger partial charge in [0.1, 0.15) is 84.3 Å². The van der Waals surface area contributed by atoms with E-state index in [2.05, 4.69) is 105 Å². The number of primary amides is 1. The number of carbonyl (C=O) groups excluding carboxylic acids is 17. The number of aromatic hydroxyl groups is 1. The van der Waals surface area contributed by atoms with Crippen LogP contribution in [-0.4, -0.2) is 252 Å². The smallest absolute Gasteiger partial charge is 0.303 e. The molecule has 3 aromatic rings. The molecule has 0 saturated heterocycles. The number of phenolic OH excluding ortho intramolecular Hbond substituents is 1. The van der Waals surface area contributed by atoms with Crippen molar-refractivity contribution in [2.24, 2.45) is 41.1 Å². The lowest BCUT2D eigenvalue weighted by Crippen LogP contribution is -2.61. The van der Waals surface area contributed by atoms with Crippen LogP contribution in [0.5, 0.6) is 5.75 Å². The number of benzene rings is 1. The molecule has 0 unspecified atom stereocenters.